The molecule has 2 amide bonds. The number of carbonyl (C=O) groups excluding carboxylic acids is 1. The van der Waals surface area contributed by atoms with Gasteiger partial charge in [0.05, 0.1) is 12.8 Å². The zero-order valence-corrected chi connectivity index (χ0v) is 15.8. The minimum atomic E-state index is -0.722. The first-order chi connectivity index (χ1) is 13.0. The zero-order chi connectivity index (χ0) is 19.6. The molecule has 2 rings (SSSR count). The van der Waals surface area contributed by atoms with Gasteiger partial charge in [-0.05, 0) is 67.8 Å². The number of hydrogen-bond acceptors (Lipinski definition) is 5. The lowest BCUT2D eigenvalue weighted by Crippen LogP contribution is -2.24. The van der Waals surface area contributed by atoms with Gasteiger partial charge in [0.15, 0.2) is 11.5 Å². The lowest BCUT2D eigenvalue weighted by molar-refractivity contribution is 0.208. The number of primary amides is 1. The van der Waals surface area contributed by atoms with Crippen LogP contribution in [0.4, 0.5) is 4.79 Å². The second kappa shape index (κ2) is 10.1. The summed E-state index contributed by atoms with van der Waals surface area (Å²) in [6.45, 7) is 7.30. The van der Waals surface area contributed by atoms with E-state index >= 15 is 0 Å². The highest BCUT2D eigenvalue weighted by molar-refractivity contribution is 5.82. The number of rotatable bonds is 9. The number of hydrogen-bond donors (Lipinski definition) is 2. The first-order valence-electron chi connectivity index (χ1n) is 8.67. The van der Waals surface area contributed by atoms with Crippen molar-refractivity contribution in [1.29, 1.82) is 0 Å². The zero-order valence-electron chi connectivity index (χ0n) is 15.8. The topological polar surface area (TPSA) is 95.2 Å². The van der Waals surface area contributed by atoms with Crippen molar-refractivity contribution in [3.05, 3.63) is 53.1 Å². The maximum Gasteiger partial charge on any atom is 0.332 e. The third-order valence-electron chi connectivity index (χ3n) is 3.74. The van der Waals surface area contributed by atoms with E-state index in [0.717, 1.165) is 11.3 Å². The van der Waals surface area contributed by atoms with Gasteiger partial charge >= 0.3 is 6.03 Å². The summed E-state index contributed by atoms with van der Waals surface area (Å²) in [6, 6.07) is 10.6. The number of urea groups is 1. The summed E-state index contributed by atoms with van der Waals surface area (Å²) in [7, 11) is 0. The van der Waals surface area contributed by atoms with Crippen LogP contribution in [0.25, 0.3) is 0 Å². The van der Waals surface area contributed by atoms with E-state index in [0.29, 0.717) is 31.3 Å². The maximum absolute atomic E-state index is 10.6. The third kappa shape index (κ3) is 6.54. The van der Waals surface area contributed by atoms with Crippen molar-refractivity contribution in [2.75, 3.05) is 19.8 Å². The maximum atomic E-state index is 10.6. The smallest absolute Gasteiger partial charge is 0.332 e. The molecule has 0 atom stereocenters. The Labute approximate surface area is 159 Å². The molecule has 2 aromatic carbocycles. The van der Waals surface area contributed by atoms with Crippen molar-refractivity contribution < 1.29 is 19.0 Å². The van der Waals surface area contributed by atoms with Crippen molar-refractivity contribution in [3.8, 4) is 17.2 Å². The Balaban J connectivity index is 1.93. The molecule has 0 aliphatic rings. The fourth-order valence-corrected chi connectivity index (χ4v) is 2.28. The second-order valence-electron chi connectivity index (χ2n) is 5.82. The Morgan fingerprint density at radius 1 is 1.04 bits per heavy atom. The van der Waals surface area contributed by atoms with Gasteiger partial charge in [-0.25, -0.2) is 10.2 Å². The summed E-state index contributed by atoms with van der Waals surface area (Å²) in [5.41, 5.74) is 10.3. The van der Waals surface area contributed by atoms with E-state index in [1.54, 1.807) is 18.2 Å². The highest BCUT2D eigenvalue weighted by atomic mass is 16.5. The van der Waals surface area contributed by atoms with Crippen LogP contribution in [0.1, 0.15) is 23.6 Å². The predicted molar refractivity (Wildman–Crippen MR) is 105 cm³/mol. The molecule has 27 heavy (non-hydrogen) atoms. The van der Waals surface area contributed by atoms with E-state index in [2.05, 4.69) is 24.4 Å². The largest absolute Gasteiger partial charge is 0.490 e. The van der Waals surface area contributed by atoms with Gasteiger partial charge in [0.25, 0.3) is 0 Å². The molecule has 0 spiro atoms. The first-order valence-corrected chi connectivity index (χ1v) is 8.67. The molecule has 144 valence electrons. The van der Waals surface area contributed by atoms with Gasteiger partial charge in [-0.2, -0.15) is 5.10 Å². The van der Waals surface area contributed by atoms with Crippen LogP contribution in [-0.2, 0) is 0 Å². The van der Waals surface area contributed by atoms with Gasteiger partial charge in [0.2, 0.25) is 0 Å². The number of amides is 2. The SMILES string of the molecule is CCOc1cc(C=NNC(N)=O)ccc1OCCOc1ccc(C)c(C)c1. The number of nitrogens with two attached hydrogens (primary N) is 1. The Morgan fingerprint density at radius 3 is 2.52 bits per heavy atom. The number of ether oxygens (including phenoxy) is 3. The lowest BCUT2D eigenvalue weighted by Gasteiger charge is -2.13. The van der Waals surface area contributed by atoms with Crippen LogP contribution in [0.2, 0.25) is 0 Å². The quantitative estimate of drug-likeness (QED) is 0.402. The normalized spacial score (nSPS) is 10.6. The molecule has 0 saturated heterocycles. The van der Waals surface area contributed by atoms with E-state index in [1.807, 2.05) is 25.1 Å². The number of benzene rings is 2. The van der Waals surface area contributed by atoms with Gasteiger partial charge in [0.1, 0.15) is 19.0 Å². The summed E-state index contributed by atoms with van der Waals surface area (Å²) in [4.78, 5) is 10.6. The Kier molecular flexibility index (Phi) is 7.49. The average molecular weight is 371 g/mol. The molecule has 0 aromatic heterocycles. The van der Waals surface area contributed by atoms with E-state index in [-0.39, 0.29) is 0 Å². The third-order valence-corrected chi connectivity index (χ3v) is 3.74. The van der Waals surface area contributed by atoms with Crippen LogP contribution < -0.4 is 25.4 Å². The van der Waals surface area contributed by atoms with Crippen molar-refractivity contribution in [2.45, 2.75) is 20.8 Å². The number of hydrazone groups is 1. The monoisotopic (exact) mass is 371 g/mol. The van der Waals surface area contributed by atoms with E-state index < -0.39 is 6.03 Å². The Morgan fingerprint density at radius 2 is 1.81 bits per heavy atom. The molecule has 0 unspecified atom stereocenters. The van der Waals surface area contributed by atoms with Crippen LogP contribution in [0.3, 0.4) is 0 Å². The number of nitrogens with zero attached hydrogens (tertiary/aromatic N) is 1. The minimum absolute atomic E-state index is 0.379. The predicted octanol–water partition coefficient (Wildman–Crippen LogP) is 3.16. The van der Waals surface area contributed by atoms with Crippen LogP contribution in [-0.4, -0.2) is 32.1 Å². The van der Waals surface area contributed by atoms with Crippen LogP contribution in [0, 0.1) is 13.8 Å². The Bertz CT molecular complexity index is 806. The first kappa shape index (κ1) is 20.1. The fourth-order valence-electron chi connectivity index (χ4n) is 2.28. The fraction of sp³-hybridized carbons (Fsp3) is 0.300. The van der Waals surface area contributed by atoms with Gasteiger partial charge in [0, 0.05) is 0 Å². The molecule has 0 radical (unpaired) electrons. The molecule has 7 nitrogen and oxygen atoms in total. The van der Waals surface area contributed by atoms with Crippen molar-refractivity contribution >= 4 is 12.2 Å². The second-order valence-corrected chi connectivity index (χ2v) is 5.82. The number of carbonyl (C=O) groups is 1. The van der Waals surface area contributed by atoms with E-state index in [1.165, 1.54) is 17.3 Å². The summed E-state index contributed by atoms with van der Waals surface area (Å²) < 4.78 is 17.1. The number of aryl methyl sites for hydroxylation is 2. The van der Waals surface area contributed by atoms with E-state index in [9.17, 15) is 4.79 Å². The van der Waals surface area contributed by atoms with Gasteiger partial charge in [-0.1, -0.05) is 6.07 Å². The molecule has 0 saturated carbocycles. The molecule has 0 aliphatic carbocycles. The van der Waals surface area contributed by atoms with Gasteiger partial charge in [-0.15, -0.1) is 0 Å². The molecule has 0 bridgehead atoms. The van der Waals surface area contributed by atoms with Crippen LogP contribution in [0.15, 0.2) is 41.5 Å². The average Bonchev–Trinajstić information content (AvgIpc) is 2.63. The molecular weight excluding hydrogens is 346 g/mol. The molecule has 3 N–H and O–H groups in total. The molecule has 0 aliphatic heterocycles. The molecule has 0 fully saturated rings. The molecule has 2 aromatic rings. The van der Waals surface area contributed by atoms with Gasteiger partial charge < -0.3 is 19.9 Å². The van der Waals surface area contributed by atoms with Crippen molar-refractivity contribution in [3.63, 3.8) is 0 Å². The summed E-state index contributed by atoms with van der Waals surface area (Å²) in [5.74, 6) is 2.02. The van der Waals surface area contributed by atoms with Gasteiger partial charge in [-0.3, -0.25) is 0 Å². The van der Waals surface area contributed by atoms with Crippen molar-refractivity contribution in [1.82, 2.24) is 5.43 Å². The number of nitrogens with one attached hydrogen (secondary N) is 1. The summed E-state index contributed by atoms with van der Waals surface area (Å²) in [5, 5.41) is 3.73. The minimum Gasteiger partial charge on any atom is -0.490 e. The summed E-state index contributed by atoms with van der Waals surface area (Å²) in [6.07, 6.45) is 1.47. The van der Waals surface area contributed by atoms with Crippen LogP contribution in [0.5, 0.6) is 17.2 Å². The molecular formula is C20H25N3O4. The molecule has 0 heterocycles. The highest BCUT2D eigenvalue weighted by Crippen LogP contribution is 2.28. The van der Waals surface area contributed by atoms with Crippen molar-refractivity contribution in [2.24, 2.45) is 10.8 Å². The highest BCUT2D eigenvalue weighted by Gasteiger charge is 2.06. The lowest BCUT2D eigenvalue weighted by atomic mass is 10.1. The summed E-state index contributed by atoms with van der Waals surface area (Å²) >= 11 is 0. The Hall–Kier alpha value is -3.22. The standard InChI is InChI=1S/C20H25N3O4/c1-4-25-19-12-16(13-22-23-20(21)24)6-8-18(19)27-10-9-26-17-7-5-14(2)15(3)11-17/h5-8,11-13H,4,9-10H2,1-3H3,(H3,21,23,24). The molecule has 7 heteroatoms. The van der Waals surface area contributed by atoms with Crippen LogP contribution >= 0.6 is 0 Å². The van der Waals surface area contributed by atoms with E-state index in [4.69, 9.17) is 19.9 Å².